The van der Waals surface area contributed by atoms with E-state index in [4.69, 9.17) is 5.73 Å². The Bertz CT molecular complexity index is 574. The Morgan fingerprint density at radius 3 is 2.44 bits per heavy atom. The number of anilines is 2. The Morgan fingerprint density at radius 1 is 1.17 bits per heavy atom. The van der Waals surface area contributed by atoms with Gasteiger partial charge in [-0.15, -0.1) is 12.6 Å². The lowest BCUT2D eigenvalue weighted by molar-refractivity contribution is 1.43. The molecule has 0 heterocycles. The SMILES string of the molecule is C=C(Nc1ccc(S)cc1)c1ccc(C)c(N)c1. The molecule has 2 rings (SSSR count). The van der Waals surface area contributed by atoms with Crippen molar-refractivity contribution in [3.05, 3.63) is 60.2 Å². The molecule has 3 N–H and O–H groups in total. The van der Waals surface area contributed by atoms with Crippen LogP contribution in [0.15, 0.2) is 53.9 Å². The molecule has 2 aromatic carbocycles. The van der Waals surface area contributed by atoms with Gasteiger partial charge >= 0.3 is 0 Å². The number of hydrogen-bond donors (Lipinski definition) is 3. The van der Waals surface area contributed by atoms with Gasteiger partial charge in [-0.1, -0.05) is 18.7 Å². The fourth-order valence-electron chi connectivity index (χ4n) is 1.62. The molecule has 2 aromatic rings. The first-order valence-electron chi connectivity index (χ1n) is 5.68. The van der Waals surface area contributed by atoms with Gasteiger partial charge in [-0.3, -0.25) is 0 Å². The van der Waals surface area contributed by atoms with Crippen LogP contribution in [-0.2, 0) is 0 Å². The number of hydrogen-bond acceptors (Lipinski definition) is 3. The maximum absolute atomic E-state index is 5.89. The molecule has 0 aromatic heterocycles. The molecule has 0 aliphatic carbocycles. The molecule has 0 aliphatic rings. The van der Waals surface area contributed by atoms with Gasteiger partial charge in [0, 0.05) is 22.0 Å². The minimum atomic E-state index is 0.779. The Morgan fingerprint density at radius 2 is 1.83 bits per heavy atom. The van der Waals surface area contributed by atoms with Crippen LogP contribution in [0.2, 0.25) is 0 Å². The molecular weight excluding hydrogens is 240 g/mol. The zero-order chi connectivity index (χ0) is 13.1. The first-order chi connectivity index (χ1) is 8.56. The summed E-state index contributed by atoms with van der Waals surface area (Å²) >= 11 is 4.25. The predicted molar refractivity (Wildman–Crippen MR) is 81.9 cm³/mol. The van der Waals surface area contributed by atoms with E-state index in [9.17, 15) is 0 Å². The molecule has 0 aliphatic heterocycles. The number of thiol groups is 1. The minimum Gasteiger partial charge on any atom is -0.398 e. The predicted octanol–water partition coefficient (Wildman–Crippen LogP) is 3.95. The first kappa shape index (κ1) is 12.6. The van der Waals surface area contributed by atoms with E-state index < -0.39 is 0 Å². The first-order valence-corrected chi connectivity index (χ1v) is 6.12. The Hall–Kier alpha value is -1.87. The fourth-order valence-corrected chi connectivity index (χ4v) is 1.77. The van der Waals surface area contributed by atoms with E-state index in [1.165, 1.54) is 0 Å². The standard InChI is InChI=1S/C15H16N2S/c1-10-3-4-12(9-15(10)16)11(2)17-13-5-7-14(18)8-6-13/h3-9,17-18H,2,16H2,1H3. The second-order valence-corrected chi connectivity index (χ2v) is 4.74. The minimum absolute atomic E-state index is 0.779. The summed E-state index contributed by atoms with van der Waals surface area (Å²) in [6, 6.07) is 13.7. The quantitative estimate of drug-likeness (QED) is 0.574. The molecule has 0 unspecified atom stereocenters. The molecule has 0 atom stereocenters. The molecule has 0 spiro atoms. The van der Waals surface area contributed by atoms with E-state index >= 15 is 0 Å². The van der Waals surface area contributed by atoms with Gasteiger partial charge < -0.3 is 11.1 Å². The van der Waals surface area contributed by atoms with Gasteiger partial charge in [0.15, 0.2) is 0 Å². The van der Waals surface area contributed by atoms with Crippen LogP contribution in [0.3, 0.4) is 0 Å². The molecule has 2 nitrogen and oxygen atoms in total. The molecule has 0 saturated heterocycles. The highest BCUT2D eigenvalue weighted by Crippen LogP contribution is 2.21. The normalized spacial score (nSPS) is 10.1. The highest BCUT2D eigenvalue weighted by Gasteiger charge is 2.02. The second-order valence-electron chi connectivity index (χ2n) is 4.22. The van der Waals surface area contributed by atoms with Crippen LogP contribution < -0.4 is 11.1 Å². The fraction of sp³-hybridized carbons (Fsp3) is 0.0667. The summed E-state index contributed by atoms with van der Waals surface area (Å²) in [5, 5.41) is 3.25. The third kappa shape index (κ3) is 2.87. The number of aryl methyl sites for hydroxylation is 1. The summed E-state index contributed by atoms with van der Waals surface area (Å²) in [6.07, 6.45) is 0. The van der Waals surface area contributed by atoms with Crippen molar-refractivity contribution in [2.75, 3.05) is 11.1 Å². The number of rotatable bonds is 3. The number of benzene rings is 2. The monoisotopic (exact) mass is 256 g/mol. The van der Waals surface area contributed by atoms with Crippen LogP contribution in [0.25, 0.3) is 5.70 Å². The van der Waals surface area contributed by atoms with Gasteiger partial charge in [0.2, 0.25) is 0 Å². The maximum Gasteiger partial charge on any atom is 0.0385 e. The summed E-state index contributed by atoms with van der Waals surface area (Å²) < 4.78 is 0. The summed E-state index contributed by atoms with van der Waals surface area (Å²) in [5.74, 6) is 0. The lowest BCUT2D eigenvalue weighted by Crippen LogP contribution is -1.99. The lowest BCUT2D eigenvalue weighted by atomic mass is 10.1. The maximum atomic E-state index is 5.89. The molecule has 3 heteroatoms. The van der Waals surface area contributed by atoms with E-state index in [-0.39, 0.29) is 0 Å². The van der Waals surface area contributed by atoms with Gasteiger partial charge in [0.05, 0.1) is 0 Å². The third-order valence-electron chi connectivity index (χ3n) is 2.79. The van der Waals surface area contributed by atoms with Crippen molar-refractivity contribution in [2.45, 2.75) is 11.8 Å². The van der Waals surface area contributed by atoms with Gasteiger partial charge in [-0.25, -0.2) is 0 Å². The van der Waals surface area contributed by atoms with Crippen molar-refractivity contribution >= 4 is 29.7 Å². The van der Waals surface area contributed by atoms with E-state index in [0.717, 1.165) is 33.1 Å². The summed E-state index contributed by atoms with van der Waals surface area (Å²) in [5.41, 5.74) is 10.6. The molecule has 18 heavy (non-hydrogen) atoms. The molecule has 0 fully saturated rings. The van der Waals surface area contributed by atoms with Crippen molar-refractivity contribution < 1.29 is 0 Å². The number of nitrogens with two attached hydrogens (primary N) is 1. The Balaban J connectivity index is 2.16. The molecule has 0 amide bonds. The van der Waals surface area contributed by atoms with Gasteiger partial charge in [0.1, 0.15) is 0 Å². The largest absolute Gasteiger partial charge is 0.398 e. The highest BCUT2D eigenvalue weighted by molar-refractivity contribution is 7.80. The van der Waals surface area contributed by atoms with Crippen molar-refractivity contribution in [1.82, 2.24) is 0 Å². The Kier molecular flexibility index (Phi) is 3.63. The highest BCUT2D eigenvalue weighted by atomic mass is 32.1. The Labute approximate surface area is 113 Å². The van der Waals surface area contributed by atoms with Gasteiger partial charge in [-0.2, -0.15) is 0 Å². The van der Waals surface area contributed by atoms with E-state index in [1.54, 1.807) is 0 Å². The van der Waals surface area contributed by atoms with Crippen LogP contribution in [0.4, 0.5) is 11.4 Å². The van der Waals surface area contributed by atoms with E-state index in [2.05, 4.69) is 24.5 Å². The summed E-state index contributed by atoms with van der Waals surface area (Å²) in [7, 11) is 0. The topological polar surface area (TPSA) is 38.0 Å². The van der Waals surface area contributed by atoms with Crippen LogP contribution in [0.5, 0.6) is 0 Å². The molecule has 0 saturated carbocycles. The second kappa shape index (κ2) is 5.19. The molecule has 92 valence electrons. The lowest BCUT2D eigenvalue weighted by Gasteiger charge is -2.11. The smallest absolute Gasteiger partial charge is 0.0385 e. The zero-order valence-corrected chi connectivity index (χ0v) is 11.2. The molecular formula is C15H16N2S. The molecule has 0 bridgehead atoms. The van der Waals surface area contributed by atoms with Crippen molar-refractivity contribution in [2.24, 2.45) is 0 Å². The average molecular weight is 256 g/mol. The van der Waals surface area contributed by atoms with Crippen molar-refractivity contribution in [3.63, 3.8) is 0 Å². The zero-order valence-electron chi connectivity index (χ0n) is 10.3. The van der Waals surface area contributed by atoms with Crippen molar-refractivity contribution in [1.29, 1.82) is 0 Å². The third-order valence-corrected chi connectivity index (χ3v) is 3.09. The summed E-state index contributed by atoms with van der Waals surface area (Å²) in [6.45, 7) is 6.01. The van der Waals surface area contributed by atoms with E-state index in [0.29, 0.717) is 0 Å². The van der Waals surface area contributed by atoms with Gasteiger partial charge in [0.25, 0.3) is 0 Å². The molecule has 0 radical (unpaired) electrons. The summed E-state index contributed by atoms with van der Waals surface area (Å²) in [4.78, 5) is 0.936. The number of nitrogen functional groups attached to an aromatic ring is 1. The van der Waals surface area contributed by atoms with Crippen LogP contribution in [0, 0.1) is 6.92 Å². The van der Waals surface area contributed by atoms with E-state index in [1.807, 2.05) is 49.4 Å². The van der Waals surface area contributed by atoms with Crippen molar-refractivity contribution in [3.8, 4) is 0 Å². The van der Waals surface area contributed by atoms with Crippen LogP contribution >= 0.6 is 12.6 Å². The number of nitrogens with one attached hydrogen (secondary N) is 1. The average Bonchev–Trinajstić information content (AvgIpc) is 2.35. The van der Waals surface area contributed by atoms with Crippen LogP contribution in [0.1, 0.15) is 11.1 Å². The van der Waals surface area contributed by atoms with Gasteiger partial charge in [-0.05, 0) is 48.4 Å². The van der Waals surface area contributed by atoms with Crippen LogP contribution in [-0.4, -0.2) is 0 Å².